The fourth-order valence-corrected chi connectivity index (χ4v) is 2.43. The monoisotopic (exact) mass is 258 g/mol. The summed E-state index contributed by atoms with van der Waals surface area (Å²) < 4.78 is 0. The number of nitrogens with two attached hydrogens (primary N) is 1. The topological polar surface area (TPSA) is 113 Å². The Morgan fingerprint density at radius 1 is 1.22 bits per heavy atom. The summed E-state index contributed by atoms with van der Waals surface area (Å²) in [6.45, 7) is -0.391. The van der Waals surface area contributed by atoms with Crippen LogP contribution in [0, 0.1) is 5.41 Å². The van der Waals surface area contributed by atoms with E-state index in [4.69, 9.17) is 15.9 Å². The van der Waals surface area contributed by atoms with Crippen molar-refractivity contribution in [1.82, 2.24) is 5.32 Å². The van der Waals surface area contributed by atoms with Crippen LogP contribution in [0.1, 0.15) is 38.5 Å². The van der Waals surface area contributed by atoms with Gasteiger partial charge in [-0.1, -0.05) is 25.7 Å². The number of aliphatic hydroxyl groups excluding tert-OH is 1. The van der Waals surface area contributed by atoms with Gasteiger partial charge in [0.25, 0.3) is 0 Å². The number of carboxylic acid groups (broad SMARTS) is 1. The third-order valence-corrected chi connectivity index (χ3v) is 3.72. The van der Waals surface area contributed by atoms with E-state index in [1.165, 1.54) is 0 Å². The van der Waals surface area contributed by atoms with Crippen molar-refractivity contribution in [2.45, 2.75) is 44.6 Å². The molecule has 1 atom stereocenters. The highest BCUT2D eigenvalue weighted by Crippen LogP contribution is 2.34. The van der Waals surface area contributed by atoms with Gasteiger partial charge in [-0.25, -0.2) is 4.79 Å². The molecule has 0 aliphatic heterocycles. The van der Waals surface area contributed by atoms with E-state index in [9.17, 15) is 9.59 Å². The molecular weight excluding hydrogens is 236 g/mol. The molecular formula is C12H22N2O4. The van der Waals surface area contributed by atoms with Gasteiger partial charge in [-0.3, -0.25) is 4.79 Å². The normalized spacial score (nSPS) is 20.8. The first-order chi connectivity index (χ1) is 8.55. The predicted octanol–water partition coefficient (Wildman–Crippen LogP) is -0.153. The third-order valence-electron chi connectivity index (χ3n) is 3.72. The number of carbonyl (C=O) groups excluding carboxylic acids is 1. The van der Waals surface area contributed by atoms with Crippen LogP contribution in [-0.2, 0) is 9.59 Å². The Bertz CT molecular complexity index is 298. The standard InChI is InChI=1S/C12H22N2O4/c13-8-12(5-3-1-2-4-6-12)11(18)14-9(7-15)10(16)17/h9,15H,1-8,13H2,(H,14,18)(H,16,17)/t9-/m0/s1. The summed E-state index contributed by atoms with van der Waals surface area (Å²) in [5.41, 5.74) is 5.06. The zero-order valence-corrected chi connectivity index (χ0v) is 10.5. The van der Waals surface area contributed by atoms with Crippen molar-refractivity contribution >= 4 is 11.9 Å². The number of amides is 1. The molecule has 0 saturated heterocycles. The maximum absolute atomic E-state index is 12.2. The Hall–Kier alpha value is -1.14. The van der Waals surface area contributed by atoms with Crippen LogP contribution in [0.3, 0.4) is 0 Å². The molecule has 0 aromatic rings. The van der Waals surface area contributed by atoms with Gasteiger partial charge in [0.05, 0.1) is 12.0 Å². The number of rotatable bonds is 5. The van der Waals surface area contributed by atoms with E-state index in [-0.39, 0.29) is 12.5 Å². The van der Waals surface area contributed by atoms with Gasteiger partial charge >= 0.3 is 5.97 Å². The molecule has 1 saturated carbocycles. The molecule has 1 amide bonds. The second-order valence-corrected chi connectivity index (χ2v) is 4.95. The van der Waals surface area contributed by atoms with Crippen LogP contribution in [0.4, 0.5) is 0 Å². The summed E-state index contributed by atoms with van der Waals surface area (Å²) in [5, 5.41) is 20.1. The molecule has 1 aliphatic rings. The van der Waals surface area contributed by atoms with E-state index < -0.39 is 24.0 Å². The van der Waals surface area contributed by atoms with Crippen LogP contribution >= 0.6 is 0 Å². The molecule has 1 rings (SSSR count). The van der Waals surface area contributed by atoms with E-state index >= 15 is 0 Å². The molecule has 0 unspecified atom stereocenters. The first kappa shape index (κ1) is 14.9. The lowest BCUT2D eigenvalue weighted by Crippen LogP contribution is -2.52. The number of aliphatic carboxylic acids is 1. The summed E-state index contributed by atoms with van der Waals surface area (Å²) >= 11 is 0. The summed E-state index contributed by atoms with van der Waals surface area (Å²) in [6, 6.07) is -1.25. The molecule has 5 N–H and O–H groups in total. The quantitative estimate of drug-likeness (QED) is 0.512. The van der Waals surface area contributed by atoms with Crippen LogP contribution in [0.25, 0.3) is 0 Å². The van der Waals surface area contributed by atoms with Crippen molar-refractivity contribution in [2.75, 3.05) is 13.2 Å². The smallest absolute Gasteiger partial charge is 0.328 e. The zero-order chi connectivity index (χ0) is 13.6. The first-order valence-corrected chi connectivity index (χ1v) is 6.40. The van der Waals surface area contributed by atoms with Crippen molar-refractivity contribution in [3.05, 3.63) is 0 Å². The number of hydrogen-bond donors (Lipinski definition) is 4. The van der Waals surface area contributed by atoms with Crippen molar-refractivity contribution in [1.29, 1.82) is 0 Å². The highest BCUT2D eigenvalue weighted by molar-refractivity contribution is 5.87. The van der Waals surface area contributed by atoms with Gasteiger partial charge in [0.2, 0.25) is 5.91 Å². The lowest BCUT2D eigenvalue weighted by molar-refractivity contribution is -0.145. The molecule has 0 aromatic carbocycles. The molecule has 6 nitrogen and oxygen atoms in total. The Labute approximate surface area is 107 Å². The fourth-order valence-electron chi connectivity index (χ4n) is 2.43. The summed E-state index contributed by atoms with van der Waals surface area (Å²) in [6.07, 6.45) is 5.40. The van der Waals surface area contributed by atoms with Gasteiger partial charge in [0.15, 0.2) is 0 Å². The second kappa shape index (κ2) is 6.70. The molecule has 6 heteroatoms. The highest BCUT2D eigenvalue weighted by Gasteiger charge is 2.38. The van der Waals surface area contributed by atoms with Crippen molar-refractivity contribution in [3.63, 3.8) is 0 Å². The first-order valence-electron chi connectivity index (χ1n) is 6.40. The fraction of sp³-hybridized carbons (Fsp3) is 0.833. The molecule has 0 radical (unpaired) electrons. The molecule has 0 aromatic heterocycles. The number of carbonyl (C=O) groups is 2. The Morgan fingerprint density at radius 3 is 2.17 bits per heavy atom. The predicted molar refractivity (Wildman–Crippen MR) is 65.8 cm³/mol. The molecule has 1 fully saturated rings. The van der Waals surface area contributed by atoms with Crippen LogP contribution in [-0.4, -0.2) is 41.3 Å². The molecule has 104 valence electrons. The average molecular weight is 258 g/mol. The van der Waals surface area contributed by atoms with Gasteiger partial charge in [-0.05, 0) is 12.8 Å². The summed E-state index contributed by atoms with van der Waals surface area (Å²) in [5.74, 6) is -1.57. The van der Waals surface area contributed by atoms with Crippen LogP contribution in [0.2, 0.25) is 0 Å². The van der Waals surface area contributed by atoms with Gasteiger partial charge in [0, 0.05) is 6.54 Å². The maximum atomic E-state index is 12.2. The van der Waals surface area contributed by atoms with E-state index in [0.29, 0.717) is 12.8 Å². The van der Waals surface area contributed by atoms with Crippen molar-refractivity contribution < 1.29 is 19.8 Å². The Balaban J connectivity index is 2.74. The summed E-state index contributed by atoms with van der Waals surface area (Å²) in [4.78, 5) is 23.0. The molecule has 0 bridgehead atoms. The molecule has 18 heavy (non-hydrogen) atoms. The van der Waals surface area contributed by atoms with E-state index in [2.05, 4.69) is 5.32 Å². The largest absolute Gasteiger partial charge is 0.480 e. The minimum absolute atomic E-state index is 0.219. The number of aliphatic hydroxyl groups is 1. The minimum atomic E-state index is -1.25. The van der Waals surface area contributed by atoms with Gasteiger partial charge in [0.1, 0.15) is 6.04 Å². The molecule has 0 spiro atoms. The highest BCUT2D eigenvalue weighted by atomic mass is 16.4. The van der Waals surface area contributed by atoms with Crippen LogP contribution < -0.4 is 11.1 Å². The average Bonchev–Trinajstić information content (AvgIpc) is 2.61. The Morgan fingerprint density at radius 2 is 1.78 bits per heavy atom. The Kier molecular flexibility index (Phi) is 5.55. The zero-order valence-electron chi connectivity index (χ0n) is 10.5. The van der Waals surface area contributed by atoms with E-state index in [1.54, 1.807) is 0 Å². The molecule has 0 heterocycles. The van der Waals surface area contributed by atoms with E-state index in [1.807, 2.05) is 0 Å². The SMILES string of the molecule is NCC1(C(=O)N[C@@H](CO)C(=O)O)CCCCCC1. The van der Waals surface area contributed by atoms with E-state index in [0.717, 1.165) is 25.7 Å². The summed E-state index contributed by atoms with van der Waals surface area (Å²) in [7, 11) is 0. The number of carboxylic acids is 1. The number of hydrogen-bond acceptors (Lipinski definition) is 4. The van der Waals surface area contributed by atoms with Gasteiger partial charge < -0.3 is 21.3 Å². The second-order valence-electron chi connectivity index (χ2n) is 4.95. The van der Waals surface area contributed by atoms with Crippen molar-refractivity contribution in [2.24, 2.45) is 11.1 Å². The van der Waals surface area contributed by atoms with Crippen molar-refractivity contribution in [3.8, 4) is 0 Å². The maximum Gasteiger partial charge on any atom is 0.328 e. The van der Waals surface area contributed by atoms with Crippen LogP contribution in [0.5, 0.6) is 0 Å². The lowest BCUT2D eigenvalue weighted by atomic mass is 9.79. The minimum Gasteiger partial charge on any atom is -0.480 e. The van der Waals surface area contributed by atoms with Gasteiger partial charge in [-0.2, -0.15) is 0 Å². The number of nitrogens with one attached hydrogen (secondary N) is 1. The van der Waals surface area contributed by atoms with Crippen LogP contribution in [0.15, 0.2) is 0 Å². The lowest BCUT2D eigenvalue weighted by Gasteiger charge is -2.31. The van der Waals surface area contributed by atoms with Gasteiger partial charge in [-0.15, -0.1) is 0 Å². The third kappa shape index (κ3) is 3.43. The molecule has 1 aliphatic carbocycles.